The van der Waals surface area contributed by atoms with E-state index in [-0.39, 0.29) is 12.6 Å². The van der Waals surface area contributed by atoms with Gasteiger partial charge in [0.2, 0.25) is 0 Å². The van der Waals surface area contributed by atoms with Crippen LogP contribution in [-0.4, -0.2) is 23.8 Å². The normalized spacial score (nSPS) is 34.4. The van der Waals surface area contributed by atoms with Crippen LogP contribution in [0.3, 0.4) is 0 Å². The van der Waals surface area contributed by atoms with E-state index in [1.54, 1.807) is 0 Å². The number of hydrogen-bond acceptors (Lipinski definition) is 2. The Hall–Kier alpha value is -0.0800. The van der Waals surface area contributed by atoms with E-state index < -0.39 is 0 Å². The van der Waals surface area contributed by atoms with Crippen molar-refractivity contribution in [2.75, 3.05) is 6.61 Å². The van der Waals surface area contributed by atoms with Crippen LogP contribution in [0.15, 0.2) is 0 Å². The van der Waals surface area contributed by atoms with Crippen molar-refractivity contribution >= 4 is 0 Å². The smallest absolute Gasteiger partial charge is 0.0582 e. The van der Waals surface area contributed by atoms with Gasteiger partial charge in [-0.3, -0.25) is 0 Å². The fraction of sp³-hybridized carbons (Fsp3) is 1.00. The zero-order valence-corrected chi connectivity index (χ0v) is 10.7. The Balaban J connectivity index is 2.54. The average Bonchev–Trinajstić information content (AvgIpc) is 2.17. The van der Waals surface area contributed by atoms with Gasteiger partial charge in [0, 0.05) is 12.1 Å². The van der Waals surface area contributed by atoms with Crippen molar-refractivity contribution in [3.8, 4) is 0 Å². The molecule has 0 bridgehead atoms. The van der Waals surface area contributed by atoms with Crippen molar-refractivity contribution in [1.29, 1.82) is 0 Å². The lowest BCUT2D eigenvalue weighted by Crippen LogP contribution is -2.47. The van der Waals surface area contributed by atoms with Crippen molar-refractivity contribution < 1.29 is 5.11 Å². The Kier molecular flexibility index (Phi) is 5.07. The second-order valence-electron chi connectivity index (χ2n) is 5.68. The van der Waals surface area contributed by atoms with E-state index in [4.69, 9.17) is 5.11 Å². The van der Waals surface area contributed by atoms with Gasteiger partial charge in [-0.25, -0.2) is 0 Å². The molecule has 90 valence electrons. The fourth-order valence-electron chi connectivity index (χ4n) is 2.81. The molecular weight excluding hydrogens is 186 g/mol. The molecule has 0 aromatic rings. The Morgan fingerprint density at radius 2 is 1.93 bits per heavy atom. The quantitative estimate of drug-likeness (QED) is 0.751. The molecular formula is C13H27NO. The monoisotopic (exact) mass is 213 g/mol. The lowest BCUT2D eigenvalue weighted by atomic mass is 9.74. The minimum absolute atomic E-state index is 0.238. The Morgan fingerprint density at radius 1 is 1.27 bits per heavy atom. The van der Waals surface area contributed by atoms with E-state index in [2.05, 4.69) is 33.0 Å². The summed E-state index contributed by atoms with van der Waals surface area (Å²) >= 11 is 0. The predicted octanol–water partition coefficient (Wildman–Crippen LogP) is 2.42. The van der Waals surface area contributed by atoms with Crippen LogP contribution in [0.4, 0.5) is 0 Å². The molecule has 1 rings (SSSR count). The van der Waals surface area contributed by atoms with Crippen LogP contribution in [0.1, 0.15) is 47.0 Å². The molecule has 2 N–H and O–H groups in total. The molecule has 2 nitrogen and oxygen atoms in total. The minimum atomic E-state index is 0.238. The third kappa shape index (κ3) is 3.76. The van der Waals surface area contributed by atoms with Gasteiger partial charge in [-0.05, 0) is 37.5 Å². The number of aliphatic hydroxyl groups excluding tert-OH is 1. The van der Waals surface area contributed by atoms with Gasteiger partial charge < -0.3 is 10.4 Å². The van der Waals surface area contributed by atoms with Gasteiger partial charge in [-0.15, -0.1) is 0 Å². The zero-order valence-electron chi connectivity index (χ0n) is 10.7. The second kappa shape index (κ2) is 5.86. The molecule has 0 aromatic heterocycles. The van der Waals surface area contributed by atoms with Gasteiger partial charge in [-0.1, -0.05) is 27.2 Å². The van der Waals surface area contributed by atoms with Crippen molar-refractivity contribution in [3.05, 3.63) is 0 Å². The van der Waals surface area contributed by atoms with E-state index in [1.165, 1.54) is 19.3 Å². The van der Waals surface area contributed by atoms with E-state index in [0.717, 1.165) is 17.8 Å². The standard InChI is InChI=1S/C13H27NO/c1-9(2)12-6-5-10(3)7-13(12)14-11(4)8-15/h9-15H,5-8H2,1-4H3/t10-,11-,12-,13+/m0/s1. The fourth-order valence-corrected chi connectivity index (χ4v) is 2.81. The summed E-state index contributed by atoms with van der Waals surface area (Å²) in [5, 5.41) is 12.7. The lowest BCUT2D eigenvalue weighted by Gasteiger charge is -2.39. The van der Waals surface area contributed by atoms with Gasteiger partial charge in [0.05, 0.1) is 6.61 Å². The minimum Gasteiger partial charge on any atom is -0.395 e. The molecule has 15 heavy (non-hydrogen) atoms. The zero-order chi connectivity index (χ0) is 11.4. The Labute approximate surface area is 94.5 Å². The van der Waals surface area contributed by atoms with Crippen molar-refractivity contribution in [3.63, 3.8) is 0 Å². The number of hydrogen-bond donors (Lipinski definition) is 2. The first-order valence-corrected chi connectivity index (χ1v) is 6.41. The number of aliphatic hydroxyl groups is 1. The molecule has 2 heteroatoms. The number of nitrogens with one attached hydrogen (secondary N) is 1. The summed E-state index contributed by atoms with van der Waals surface area (Å²) in [5.41, 5.74) is 0. The Morgan fingerprint density at radius 3 is 2.47 bits per heavy atom. The van der Waals surface area contributed by atoms with Crippen molar-refractivity contribution in [2.24, 2.45) is 17.8 Å². The van der Waals surface area contributed by atoms with Crippen LogP contribution in [-0.2, 0) is 0 Å². The third-order valence-electron chi connectivity index (χ3n) is 3.79. The topological polar surface area (TPSA) is 32.3 Å². The van der Waals surface area contributed by atoms with Crippen LogP contribution in [0, 0.1) is 17.8 Å². The maximum Gasteiger partial charge on any atom is 0.0582 e. The van der Waals surface area contributed by atoms with E-state index >= 15 is 0 Å². The third-order valence-corrected chi connectivity index (χ3v) is 3.79. The van der Waals surface area contributed by atoms with E-state index in [1.807, 2.05) is 0 Å². The first-order valence-electron chi connectivity index (χ1n) is 6.41. The van der Waals surface area contributed by atoms with Gasteiger partial charge >= 0.3 is 0 Å². The largest absolute Gasteiger partial charge is 0.395 e. The Bertz CT molecular complexity index is 181. The lowest BCUT2D eigenvalue weighted by molar-refractivity contribution is 0.144. The molecule has 0 heterocycles. The summed E-state index contributed by atoms with van der Waals surface area (Å²) in [7, 11) is 0. The average molecular weight is 213 g/mol. The van der Waals surface area contributed by atoms with Crippen LogP contribution in [0.2, 0.25) is 0 Å². The van der Waals surface area contributed by atoms with E-state index in [0.29, 0.717) is 6.04 Å². The summed E-state index contributed by atoms with van der Waals surface area (Å²) in [4.78, 5) is 0. The maximum atomic E-state index is 9.09. The summed E-state index contributed by atoms with van der Waals surface area (Å²) in [6.45, 7) is 9.29. The highest BCUT2D eigenvalue weighted by Crippen LogP contribution is 2.33. The highest BCUT2D eigenvalue weighted by atomic mass is 16.3. The summed E-state index contributed by atoms with van der Waals surface area (Å²) in [6.07, 6.45) is 3.98. The molecule has 1 aliphatic rings. The summed E-state index contributed by atoms with van der Waals surface area (Å²) in [6, 6.07) is 0.845. The highest BCUT2D eigenvalue weighted by molar-refractivity contribution is 4.86. The van der Waals surface area contributed by atoms with Gasteiger partial charge in [0.25, 0.3) is 0 Å². The molecule has 1 fully saturated rings. The van der Waals surface area contributed by atoms with Gasteiger partial charge in [0.1, 0.15) is 0 Å². The van der Waals surface area contributed by atoms with Crippen molar-refractivity contribution in [2.45, 2.75) is 59.0 Å². The van der Waals surface area contributed by atoms with Crippen LogP contribution < -0.4 is 5.32 Å². The maximum absolute atomic E-state index is 9.09. The molecule has 0 radical (unpaired) electrons. The first-order chi connectivity index (χ1) is 7.04. The molecule has 1 saturated carbocycles. The van der Waals surface area contributed by atoms with E-state index in [9.17, 15) is 0 Å². The van der Waals surface area contributed by atoms with Gasteiger partial charge in [0.15, 0.2) is 0 Å². The second-order valence-corrected chi connectivity index (χ2v) is 5.68. The molecule has 0 aromatic carbocycles. The molecule has 1 aliphatic carbocycles. The first kappa shape index (κ1) is 13.0. The van der Waals surface area contributed by atoms with Crippen LogP contribution >= 0.6 is 0 Å². The van der Waals surface area contributed by atoms with Crippen molar-refractivity contribution in [1.82, 2.24) is 5.32 Å². The molecule has 0 unspecified atom stereocenters. The highest BCUT2D eigenvalue weighted by Gasteiger charge is 2.30. The summed E-state index contributed by atoms with van der Waals surface area (Å²) < 4.78 is 0. The molecule has 0 spiro atoms. The van der Waals surface area contributed by atoms with Crippen LogP contribution in [0.5, 0.6) is 0 Å². The summed E-state index contributed by atoms with van der Waals surface area (Å²) in [5.74, 6) is 2.37. The molecule has 0 saturated heterocycles. The SMILES string of the molecule is CC(C)[C@@H]1CC[C@H](C)C[C@H]1N[C@@H](C)CO. The molecule has 0 amide bonds. The molecule has 0 aliphatic heterocycles. The van der Waals surface area contributed by atoms with Crippen LogP contribution in [0.25, 0.3) is 0 Å². The molecule has 4 atom stereocenters. The van der Waals surface area contributed by atoms with Gasteiger partial charge in [-0.2, -0.15) is 0 Å². The number of rotatable bonds is 4. The predicted molar refractivity (Wildman–Crippen MR) is 64.8 cm³/mol.